The molecule has 0 saturated carbocycles. The van der Waals surface area contributed by atoms with Crippen molar-refractivity contribution < 1.29 is 14.6 Å². The second kappa shape index (κ2) is 6.56. The summed E-state index contributed by atoms with van der Waals surface area (Å²) in [6, 6.07) is 13.5. The molecule has 2 N–H and O–H groups in total. The Balaban J connectivity index is 2.07. The Labute approximate surface area is 122 Å². The Hall–Kier alpha value is -2.82. The molecule has 21 heavy (non-hydrogen) atoms. The lowest BCUT2D eigenvalue weighted by Crippen LogP contribution is -2.19. The normalized spacial score (nSPS) is 11.0. The summed E-state index contributed by atoms with van der Waals surface area (Å²) in [5.41, 5.74) is 4.36. The molecule has 0 saturated heterocycles. The van der Waals surface area contributed by atoms with Crippen LogP contribution in [0.5, 0.6) is 11.5 Å². The summed E-state index contributed by atoms with van der Waals surface area (Å²) in [5, 5.41) is 13.4. The highest BCUT2D eigenvalue weighted by atomic mass is 16.5. The van der Waals surface area contributed by atoms with Crippen molar-refractivity contribution in [3.8, 4) is 11.5 Å². The minimum Gasteiger partial charge on any atom is -0.508 e. The molecule has 2 aromatic carbocycles. The lowest BCUT2D eigenvalue weighted by Gasteiger charge is -2.04. The summed E-state index contributed by atoms with van der Waals surface area (Å²) >= 11 is 0. The molecule has 0 aliphatic carbocycles. The summed E-state index contributed by atoms with van der Waals surface area (Å²) in [7, 11) is 1.60. The van der Waals surface area contributed by atoms with Crippen molar-refractivity contribution in [2.45, 2.75) is 6.92 Å². The predicted molar refractivity (Wildman–Crippen MR) is 80.8 cm³/mol. The molecule has 0 heterocycles. The van der Waals surface area contributed by atoms with Crippen LogP contribution in [0.1, 0.15) is 22.8 Å². The average Bonchev–Trinajstić information content (AvgIpc) is 2.52. The molecule has 2 aromatic rings. The van der Waals surface area contributed by atoms with E-state index in [1.165, 1.54) is 12.1 Å². The molecule has 0 aromatic heterocycles. The minimum atomic E-state index is -0.376. The molecule has 108 valence electrons. The van der Waals surface area contributed by atoms with E-state index in [1.54, 1.807) is 26.2 Å². The monoisotopic (exact) mass is 284 g/mol. The summed E-state index contributed by atoms with van der Waals surface area (Å²) in [5.74, 6) is 0.424. The van der Waals surface area contributed by atoms with Crippen molar-refractivity contribution in [3.05, 3.63) is 59.7 Å². The Morgan fingerprint density at radius 2 is 1.86 bits per heavy atom. The van der Waals surface area contributed by atoms with Crippen molar-refractivity contribution >= 4 is 11.6 Å². The number of phenols is 1. The van der Waals surface area contributed by atoms with Gasteiger partial charge in [-0.15, -0.1) is 0 Å². The number of benzene rings is 2. The number of aromatic hydroxyl groups is 1. The Morgan fingerprint density at radius 3 is 2.48 bits per heavy atom. The van der Waals surface area contributed by atoms with Gasteiger partial charge in [0, 0.05) is 5.56 Å². The van der Waals surface area contributed by atoms with Crippen LogP contribution >= 0.6 is 0 Å². The second-order valence-electron chi connectivity index (χ2n) is 4.42. The van der Waals surface area contributed by atoms with Crippen molar-refractivity contribution in [1.29, 1.82) is 0 Å². The third-order valence-electron chi connectivity index (χ3n) is 2.94. The molecular weight excluding hydrogens is 268 g/mol. The molecule has 1 amide bonds. The topological polar surface area (TPSA) is 70.9 Å². The number of hydrogen-bond acceptors (Lipinski definition) is 4. The number of amides is 1. The molecule has 5 nitrogen and oxygen atoms in total. The van der Waals surface area contributed by atoms with Crippen LogP contribution in [-0.4, -0.2) is 23.8 Å². The number of nitrogens with one attached hydrogen (secondary N) is 1. The first kappa shape index (κ1) is 14.6. The Bertz CT molecular complexity index is 663. The highest BCUT2D eigenvalue weighted by Crippen LogP contribution is 2.12. The molecule has 0 fully saturated rings. The van der Waals surface area contributed by atoms with E-state index in [0.29, 0.717) is 11.3 Å². The molecule has 0 spiro atoms. The zero-order chi connectivity index (χ0) is 15.2. The predicted octanol–water partition coefficient (Wildman–Crippen LogP) is 2.55. The molecule has 0 radical (unpaired) electrons. The van der Waals surface area contributed by atoms with E-state index in [2.05, 4.69) is 10.5 Å². The van der Waals surface area contributed by atoms with Crippen molar-refractivity contribution in [1.82, 2.24) is 5.43 Å². The van der Waals surface area contributed by atoms with Crippen molar-refractivity contribution in [2.75, 3.05) is 7.11 Å². The van der Waals surface area contributed by atoms with Gasteiger partial charge in [-0.3, -0.25) is 4.79 Å². The number of carbonyl (C=O) groups is 1. The van der Waals surface area contributed by atoms with Crippen LogP contribution in [0, 0.1) is 0 Å². The minimum absolute atomic E-state index is 0.0403. The second-order valence-corrected chi connectivity index (χ2v) is 4.42. The zero-order valence-corrected chi connectivity index (χ0v) is 11.8. The number of hydrogen-bond donors (Lipinski definition) is 2. The standard InChI is InChI=1S/C16H16N2O3/c1-11(12-6-8-15(21-2)9-7-12)17-18-16(20)13-4-3-5-14(19)10-13/h3-10,19H,1-2H3,(H,18,20)/b17-11-. The fourth-order valence-electron chi connectivity index (χ4n) is 1.74. The number of nitrogens with zero attached hydrogens (tertiary/aromatic N) is 1. The van der Waals surface area contributed by atoms with Crippen LogP contribution in [0.2, 0.25) is 0 Å². The van der Waals surface area contributed by atoms with Gasteiger partial charge in [0.05, 0.1) is 12.8 Å². The first-order valence-corrected chi connectivity index (χ1v) is 6.38. The van der Waals surface area contributed by atoms with Gasteiger partial charge < -0.3 is 9.84 Å². The van der Waals surface area contributed by atoms with Gasteiger partial charge in [-0.05, 0) is 55.0 Å². The van der Waals surface area contributed by atoms with Crippen molar-refractivity contribution in [3.63, 3.8) is 0 Å². The number of ether oxygens (including phenoxy) is 1. The molecule has 5 heteroatoms. The van der Waals surface area contributed by atoms with Gasteiger partial charge in [0.15, 0.2) is 0 Å². The van der Waals surface area contributed by atoms with E-state index in [-0.39, 0.29) is 11.7 Å². The maximum absolute atomic E-state index is 11.9. The highest BCUT2D eigenvalue weighted by Gasteiger charge is 2.05. The summed E-state index contributed by atoms with van der Waals surface area (Å²) in [6.45, 7) is 1.80. The number of carbonyl (C=O) groups excluding carboxylic acids is 1. The van der Waals surface area contributed by atoms with Gasteiger partial charge in [-0.2, -0.15) is 5.10 Å². The van der Waals surface area contributed by atoms with E-state index in [1.807, 2.05) is 24.3 Å². The number of rotatable bonds is 4. The van der Waals surface area contributed by atoms with Gasteiger partial charge in [0.2, 0.25) is 0 Å². The quantitative estimate of drug-likeness (QED) is 0.669. The van der Waals surface area contributed by atoms with Gasteiger partial charge >= 0.3 is 0 Å². The third-order valence-corrected chi connectivity index (χ3v) is 2.94. The number of methoxy groups -OCH3 is 1. The molecular formula is C16H16N2O3. The maximum atomic E-state index is 11.9. The fraction of sp³-hybridized carbons (Fsp3) is 0.125. The van der Waals surface area contributed by atoms with E-state index in [0.717, 1.165) is 11.3 Å². The molecule has 0 bridgehead atoms. The Kier molecular flexibility index (Phi) is 4.56. The van der Waals surface area contributed by atoms with Gasteiger partial charge in [-0.1, -0.05) is 6.07 Å². The van der Waals surface area contributed by atoms with Crippen LogP contribution in [0.15, 0.2) is 53.6 Å². The van der Waals surface area contributed by atoms with Crippen LogP contribution < -0.4 is 10.2 Å². The highest BCUT2D eigenvalue weighted by molar-refractivity contribution is 6.01. The maximum Gasteiger partial charge on any atom is 0.271 e. The first-order chi connectivity index (χ1) is 10.1. The summed E-state index contributed by atoms with van der Waals surface area (Å²) in [6.07, 6.45) is 0. The number of phenolic OH excluding ortho intramolecular Hbond substituents is 1. The van der Waals surface area contributed by atoms with Gasteiger partial charge in [0.1, 0.15) is 11.5 Å². The SMILES string of the molecule is COc1ccc(/C(C)=N\NC(=O)c2cccc(O)c2)cc1. The summed E-state index contributed by atoms with van der Waals surface area (Å²) in [4.78, 5) is 11.9. The summed E-state index contributed by atoms with van der Waals surface area (Å²) < 4.78 is 5.08. The fourth-order valence-corrected chi connectivity index (χ4v) is 1.74. The van der Waals surface area contributed by atoms with E-state index < -0.39 is 0 Å². The molecule has 2 rings (SSSR count). The van der Waals surface area contributed by atoms with Crippen molar-refractivity contribution in [2.24, 2.45) is 5.10 Å². The van der Waals surface area contributed by atoms with E-state index in [9.17, 15) is 9.90 Å². The van der Waals surface area contributed by atoms with E-state index in [4.69, 9.17) is 4.74 Å². The third kappa shape index (κ3) is 3.82. The lowest BCUT2D eigenvalue weighted by molar-refractivity contribution is 0.0954. The van der Waals surface area contributed by atoms with E-state index >= 15 is 0 Å². The largest absolute Gasteiger partial charge is 0.508 e. The molecule has 0 aliphatic heterocycles. The number of hydrazone groups is 1. The first-order valence-electron chi connectivity index (χ1n) is 6.38. The lowest BCUT2D eigenvalue weighted by atomic mass is 10.1. The Morgan fingerprint density at radius 1 is 1.14 bits per heavy atom. The van der Waals surface area contributed by atoms with Gasteiger partial charge in [-0.25, -0.2) is 5.43 Å². The van der Waals surface area contributed by atoms with Crippen LogP contribution in [0.4, 0.5) is 0 Å². The van der Waals surface area contributed by atoms with Crippen LogP contribution in [0.3, 0.4) is 0 Å². The molecule has 0 aliphatic rings. The van der Waals surface area contributed by atoms with Gasteiger partial charge in [0.25, 0.3) is 5.91 Å². The van der Waals surface area contributed by atoms with Crippen LogP contribution in [-0.2, 0) is 0 Å². The smallest absolute Gasteiger partial charge is 0.271 e. The average molecular weight is 284 g/mol. The molecule has 0 atom stereocenters. The zero-order valence-electron chi connectivity index (χ0n) is 11.8. The van der Waals surface area contributed by atoms with Crippen LogP contribution in [0.25, 0.3) is 0 Å². The molecule has 0 unspecified atom stereocenters.